The molecule has 0 unspecified atom stereocenters. The first-order valence-electron chi connectivity index (χ1n) is 5.17. The second kappa shape index (κ2) is 4.47. The van der Waals surface area contributed by atoms with Crippen LogP contribution in [0.4, 0.5) is 4.39 Å². The Bertz CT molecular complexity index is 388. The molecule has 0 spiro atoms. The van der Waals surface area contributed by atoms with Crippen LogP contribution in [0.25, 0.3) is 0 Å². The van der Waals surface area contributed by atoms with E-state index in [1.54, 1.807) is 18.2 Å². The second-order valence-corrected chi connectivity index (χ2v) is 5.62. The van der Waals surface area contributed by atoms with E-state index in [9.17, 15) is 4.39 Å². The van der Waals surface area contributed by atoms with Crippen LogP contribution in [0.1, 0.15) is 13.8 Å². The zero-order chi connectivity index (χ0) is 11.8. The SMILES string of the molecule is CC1(C)COB(c2cccc(Br)c2F)OC1. The van der Waals surface area contributed by atoms with Gasteiger partial charge in [0.25, 0.3) is 0 Å². The molecular formula is C11H13BBrFO2. The van der Waals surface area contributed by atoms with Gasteiger partial charge >= 0.3 is 7.12 Å². The lowest BCUT2D eigenvalue weighted by Gasteiger charge is -2.33. The summed E-state index contributed by atoms with van der Waals surface area (Å²) in [6.45, 7) is 5.26. The van der Waals surface area contributed by atoms with Crippen LogP contribution in [0.15, 0.2) is 22.7 Å². The molecule has 1 fully saturated rings. The Balaban J connectivity index is 2.17. The van der Waals surface area contributed by atoms with Gasteiger partial charge in [-0.25, -0.2) is 4.39 Å². The smallest absolute Gasteiger partial charge is 0.407 e. The van der Waals surface area contributed by atoms with E-state index in [4.69, 9.17) is 9.31 Å². The molecule has 2 rings (SSSR count). The van der Waals surface area contributed by atoms with Crippen LogP contribution in [-0.4, -0.2) is 20.3 Å². The first kappa shape index (κ1) is 12.1. The highest BCUT2D eigenvalue weighted by atomic mass is 79.9. The average molecular weight is 287 g/mol. The van der Waals surface area contributed by atoms with Gasteiger partial charge in [0.15, 0.2) is 0 Å². The molecule has 1 aromatic rings. The molecule has 0 aliphatic carbocycles. The molecule has 0 saturated carbocycles. The minimum Gasteiger partial charge on any atom is -0.407 e. The van der Waals surface area contributed by atoms with Gasteiger partial charge in [-0.2, -0.15) is 0 Å². The van der Waals surface area contributed by atoms with Crippen LogP contribution in [0.2, 0.25) is 0 Å². The summed E-state index contributed by atoms with van der Waals surface area (Å²) in [6, 6.07) is 5.11. The van der Waals surface area contributed by atoms with Gasteiger partial charge in [0.1, 0.15) is 5.82 Å². The van der Waals surface area contributed by atoms with E-state index < -0.39 is 7.12 Å². The largest absolute Gasteiger partial charge is 0.496 e. The number of halogens is 2. The molecule has 1 aliphatic heterocycles. The molecule has 0 N–H and O–H groups in total. The van der Waals surface area contributed by atoms with Crippen LogP contribution in [0, 0.1) is 11.2 Å². The molecule has 2 nitrogen and oxygen atoms in total. The number of hydrogen-bond acceptors (Lipinski definition) is 2. The van der Waals surface area contributed by atoms with Crippen molar-refractivity contribution in [3.63, 3.8) is 0 Å². The summed E-state index contributed by atoms with van der Waals surface area (Å²) < 4.78 is 25.3. The van der Waals surface area contributed by atoms with Gasteiger partial charge in [0.2, 0.25) is 0 Å². The van der Waals surface area contributed by atoms with Crippen molar-refractivity contribution < 1.29 is 13.7 Å². The van der Waals surface area contributed by atoms with E-state index in [0.29, 0.717) is 23.1 Å². The molecule has 0 radical (unpaired) electrons. The van der Waals surface area contributed by atoms with E-state index in [0.717, 1.165) is 0 Å². The lowest BCUT2D eigenvalue weighted by atomic mass is 9.75. The Morgan fingerprint density at radius 1 is 1.31 bits per heavy atom. The molecule has 0 amide bonds. The summed E-state index contributed by atoms with van der Waals surface area (Å²) in [4.78, 5) is 0. The third kappa shape index (κ3) is 2.47. The lowest BCUT2D eigenvalue weighted by molar-refractivity contribution is 0.0340. The summed E-state index contributed by atoms with van der Waals surface area (Å²) in [5.74, 6) is -0.313. The third-order valence-corrected chi connectivity index (χ3v) is 3.10. The van der Waals surface area contributed by atoms with E-state index in [2.05, 4.69) is 29.8 Å². The predicted molar refractivity (Wildman–Crippen MR) is 65.2 cm³/mol. The van der Waals surface area contributed by atoms with Crippen molar-refractivity contribution in [1.29, 1.82) is 0 Å². The van der Waals surface area contributed by atoms with E-state index in [-0.39, 0.29) is 11.2 Å². The summed E-state index contributed by atoms with van der Waals surface area (Å²) >= 11 is 3.15. The van der Waals surface area contributed by atoms with Gasteiger partial charge in [0, 0.05) is 24.1 Å². The fraction of sp³-hybridized carbons (Fsp3) is 0.455. The summed E-state index contributed by atoms with van der Waals surface area (Å²) in [6.07, 6.45) is 0. The Hall–Kier alpha value is -0.385. The summed E-state index contributed by atoms with van der Waals surface area (Å²) in [5.41, 5.74) is 0.448. The van der Waals surface area contributed by atoms with Gasteiger partial charge in [-0.3, -0.25) is 0 Å². The summed E-state index contributed by atoms with van der Waals surface area (Å²) in [5, 5.41) is 0. The van der Waals surface area contributed by atoms with E-state index in [1.165, 1.54) is 0 Å². The maximum absolute atomic E-state index is 13.8. The van der Waals surface area contributed by atoms with E-state index >= 15 is 0 Å². The van der Waals surface area contributed by atoms with Gasteiger partial charge < -0.3 is 9.31 Å². The lowest BCUT2D eigenvalue weighted by Crippen LogP contribution is -2.48. The minimum atomic E-state index is -0.592. The van der Waals surface area contributed by atoms with Gasteiger partial charge in [-0.15, -0.1) is 0 Å². The first-order valence-corrected chi connectivity index (χ1v) is 5.96. The third-order valence-electron chi connectivity index (χ3n) is 2.49. The maximum atomic E-state index is 13.8. The van der Waals surface area contributed by atoms with Crippen molar-refractivity contribution in [2.75, 3.05) is 13.2 Å². The standard InChI is InChI=1S/C11H13BBrFO2/c1-11(2)6-15-12(16-7-11)8-4-3-5-9(13)10(8)14/h3-5H,6-7H2,1-2H3. The highest BCUT2D eigenvalue weighted by Gasteiger charge is 2.35. The van der Waals surface area contributed by atoms with Gasteiger partial charge in [-0.1, -0.05) is 26.0 Å². The molecular weight excluding hydrogens is 274 g/mol. The van der Waals surface area contributed by atoms with E-state index in [1.807, 2.05) is 0 Å². The zero-order valence-electron chi connectivity index (χ0n) is 9.30. The monoisotopic (exact) mass is 286 g/mol. The van der Waals surface area contributed by atoms with Crippen molar-refractivity contribution in [3.05, 3.63) is 28.5 Å². The molecule has 86 valence electrons. The molecule has 0 aromatic heterocycles. The topological polar surface area (TPSA) is 18.5 Å². The quantitative estimate of drug-likeness (QED) is 0.738. The number of hydrogen-bond donors (Lipinski definition) is 0. The maximum Gasteiger partial charge on any atom is 0.496 e. The molecule has 0 atom stereocenters. The Kier molecular flexibility index (Phi) is 3.38. The second-order valence-electron chi connectivity index (χ2n) is 4.76. The molecule has 0 bridgehead atoms. The predicted octanol–water partition coefficient (Wildman–Crippen LogP) is 2.36. The molecule has 1 heterocycles. The molecule has 5 heteroatoms. The fourth-order valence-corrected chi connectivity index (χ4v) is 1.96. The highest BCUT2D eigenvalue weighted by molar-refractivity contribution is 9.10. The van der Waals surface area contributed by atoms with Gasteiger partial charge in [-0.05, 0) is 22.0 Å². The van der Waals surface area contributed by atoms with Crippen molar-refractivity contribution in [2.24, 2.45) is 5.41 Å². The Morgan fingerprint density at radius 2 is 1.94 bits per heavy atom. The fourth-order valence-electron chi connectivity index (χ4n) is 1.57. The van der Waals surface area contributed by atoms with Crippen LogP contribution in [-0.2, 0) is 9.31 Å². The van der Waals surface area contributed by atoms with Crippen molar-refractivity contribution >= 4 is 28.5 Å². The normalized spacial score (nSPS) is 19.9. The molecule has 1 aliphatic rings. The van der Waals surface area contributed by atoms with Crippen LogP contribution in [0.3, 0.4) is 0 Å². The zero-order valence-corrected chi connectivity index (χ0v) is 10.9. The van der Waals surface area contributed by atoms with Crippen LogP contribution < -0.4 is 5.46 Å². The Morgan fingerprint density at radius 3 is 2.56 bits per heavy atom. The average Bonchev–Trinajstić information content (AvgIpc) is 2.23. The molecule has 1 saturated heterocycles. The molecule has 16 heavy (non-hydrogen) atoms. The molecule has 1 aromatic carbocycles. The van der Waals surface area contributed by atoms with Crippen molar-refractivity contribution in [2.45, 2.75) is 13.8 Å². The van der Waals surface area contributed by atoms with Gasteiger partial charge in [0.05, 0.1) is 4.47 Å². The summed E-state index contributed by atoms with van der Waals surface area (Å²) in [7, 11) is -0.592. The first-order chi connectivity index (χ1) is 7.49. The Labute approximate surface area is 103 Å². The highest BCUT2D eigenvalue weighted by Crippen LogP contribution is 2.22. The van der Waals surface area contributed by atoms with Crippen molar-refractivity contribution in [3.8, 4) is 0 Å². The minimum absolute atomic E-state index is 0.00100. The van der Waals surface area contributed by atoms with Crippen molar-refractivity contribution in [1.82, 2.24) is 0 Å². The van der Waals surface area contributed by atoms with Crippen LogP contribution in [0.5, 0.6) is 0 Å². The van der Waals surface area contributed by atoms with Crippen LogP contribution >= 0.6 is 15.9 Å². The number of benzene rings is 1. The number of rotatable bonds is 1.